The topological polar surface area (TPSA) is 59.4 Å². The predicted molar refractivity (Wildman–Crippen MR) is 114 cm³/mol. The highest BCUT2D eigenvalue weighted by Gasteiger charge is 2.27. The minimum absolute atomic E-state index is 0.0380. The molecule has 0 fully saturated rings. The standard InChI is InChI=1S/C24H26N4O2/c29-24(27-12-10-19-8-4-5-9-20(19)16-27)25-14-22-23-21(11-13-30-22)17-28(26-23)15-18-6-2-1-3-7-18/h1-9,17,22H,10-16H2,(H,25,29)/t22-/m1/s1. The average molecular weight is 402 g/mol. The molecule has 154 valence electrons. The maximum absolute atomic E-state index is 12.7. The Morgan fingerprint density at radius 1 is 1.03 bits per heavy atom. The molecule has 0 saturated carbocycles. The SMILES string of the molecule is O=C(NC[C@H]1OCCc2cn(Cc3ccccc3)nc21)N1CCc2ccccc2C1. The number of nitrogens with one attached hydrogen (secondary N) is 1. The fourth-order valence-electron chi connectivity index (χ4n) is 4.30. The van der Waals surface area contributed by atoms with Gasteiger partial charge in [0.2, 0.25) is 0 Å². The van der Waals surface area contributed by atoms with E-state index in [1.807, 2.05) is 33.8 Å². The van der Waals surface area contributed by atoms with Crippen molar-refractivity contribution in [2.24, 2.45) is 0 Å². The number of nitrogens with zero attached hydrogens (tertiary/aromatic N) is 3. The largest absolute Gasteiger partial charge is 0.370 e. The van der Waals surface area contributed by atoms with E-state index in [4.69, 9.17) is 9.84 Å². The molecule has 1 aromatic heterocycles. The number of urea groups is 1. The van der Waals surface area contributed by atoms with Gasteiger partial charge in [-0.05, 0) is 35.1 Å². The number of amides is 2. The monoisotopic (exact) mass is 402 g/mol. The number of aromatic nitrogens is 2. The Hall–Kier alpha value is -3.12. The Kier molecular flexibility index (Phi) is 5.24. The summed E-state index contributed by atoms with van der Waals surface area (Å²) in [4.78, 5) is 14.6. The van der Waals surface area contributed by atoms with E-state index in [0.717, 1.165) is 31.6 Å². The molecule has 6 nitrogen and oxygen atoms in total. The summed E-state index contributed by atoms with van der Waals surface area (Å²) in [7, 11) is 0. The number of hydrogen-bond acceptors (Lipinski definition) is 3. The van der Waals surface area contributed by atoms with Crippen LogP contribution in [0.5, 0.6) is 0 Å². The van der Waals surface area contributed by atoms with E-state index >= 15 is 0 Å². The van der Waals surface area contributed by atoms with Gasteiger partial charge in [-0.1, -0.05) is 54.6 Å². The van der Waals surface area contributed by atoms with E-state index in [2.05, 4.69) is 41.8 Å². The first-order valence-corrected chi connectivity index (χ1v) is 10.6. The zero-order valence-corrected chi connectivity index (χ0v) is 17.0. The van der Waals surface area contributed by atoms with Gasteiger partial charge in [-0.15, -0.1) is 0 Å². The lowest BCUT2D eigenvalue weighted by Crippen LogP contribution is -2.44. The van der Waals surface area contributed by atoms with Gasteiger partial charge < -0.3 is 15.0 Å². The quantitative estimate of drug-likeness (QED) is 0.728. The van der Waals surface area contributed by atoms with Crippen LogP contribution in [0.15, 0.2) is 60.8 Å². The van der Waals surface area contributed by atoms with Crippen molar-refractivity contribution in [1.82, 2.24) is 20.0 Å². The molecule has 2 aliphatic heterocycles. The number of fused-ring (bicyclic) bond motifs is 2. The zero-order valence-electron chi connectivity index (χ0n) is 17.0. The third kappa shape index (κ3) is 3.96. The van der Waals surface area contributed by atoms with Gasteiger partial charge in [0.05, 0.1) is 25.4 Å². The van der Waals surface area contributed by atoms with Gasteiger partial charge in [0.25, 0.3) is 0 Å². The van der Waals surface area contributed by atoms with E-state index in [0.29, 0.717) is 19.7 Å². The Morgan fingerprint density at radius 3 is 2.70 bits per heavy atom. The van der Waals surface area contributed by atoms with Crippen LogP contribution in [0.3, 0.4) is 0 Å². The number of benzene rings is 2. The molecular formula is C24H26N4O2. The van der Waals surface area contributed by atoms with Crippen LogP contribution in [0.4, 0.5) is 4.79 Å². The molecule has 3 aromatic rings. The summed E-state index contributed by atoms with van der Waals surface area (Å²) < 4.78 is 7.93. The van der Waals surface area contributed by atoms with Crippen LogP contribution in [0.2, 0.25) is 0 Å². The van der Waals surface area contributed by atoms with E-state index in [1.165, 1.54) is 22.3 Å². The summed E-state index contributed by atoms with van der Waals surface area (Å²) in [6.07, 6.45) is 3.67. The normalized spacial score (nSPS) is 17.9. The minimum atomic E-state index is -0.202. The predicted octanol–water partition coefficient (Wildman–Crippen LogP) is 3.31. The summed E-state index contributed by atoms with van der Waals surface area (Å²) in [5.41, 5.74) is 5.94. The van der Waals surface area contributed by atoms with Crippen LogP contribution in [0.1, 0.15) is 34.1 Å². The molecule has 0 aliphatic carbocycles. The van der Waals surface area contributed by atoms with E-state index in [1.54, 1.807) is 0 Å². The van der Waals surface area contributed by atoms with Crippen LogP contribution in [-0.4, -0.2) is 40.4 Å². The van der Waals surface area contributed by atoms with Gasteiger partial charge in [-0.3, -0.25) is 4.68 Å². The number of hydrogen-bond donors (Lipinski definition) is 1. The third-order valence-corrected chi connectivity index (χ3v) is 5.91. The first kappa shape index (κ1) is 18.9. The van der Waals surface area contributed by atoms with Crippen molar-refractivity contribution in [3.8, 4) is 0 Å². The smallest absolute Gasteiger partial charge is 0.317 e. The second-order valence-corrected chi connectivity index (χ2v) is 7.96. The van der Waals surface area contributed by atoms with Crippen LogP contribution in [0.25, 0.3) is 0 Å². The van der Waals surface area contributed by atoms with Crippen molar-refractivity contribution in [1.29, 1.82) is 0 Å². The second kappa shape index (κ2) is 8.32. The Morgan fingerprint density at radius 2 is 1.83 bits per heavy atom. The molecule has 0 radical (unpaired) electrons. The zero-order chi connectivity index (χ0) is 20.3. The van der Waals surface area contributed by atoms with Crippen LogP contribution in [0, 0.1) is 0 Å². The van der Waals surface area contributed by atoms with Crippen molar-refractivity contribution < 1.29 is 9.53 Å². The van der Waals surface area contributed by atoms with E-state index < -0.39 is 0 Å². The minimum Gasteiger partial charge on any atom is -0.370 e. The van der Waals surface area contributed by atoms with E-state index in [9.17, 15) is 4.79 Å². The Labute approximate surface area is 176 Å². The van der Waals surface area contributed by atoms with Gasteiger partial charge in [0, 0.05) is 19.3 Å². The van der Waals surface area contributed by atoms with Crippen molar-refractivity contribution >= 4 is 6.03 Å². The molecule has 5 rings (SSSR count). The summed E-state index contributed by atoms with van der Waals surface area (Å²) in [6.45, 7) is 3.23. The highest BCUT2D eigenvalue weighted by Crippen LogP contribution is 2.26. The lowest BCUT2D eigenvalue weighted by Gasteiger charge is -2.30. The molecule has 3 heterocycles. The van der Waals surface area contributed by atoms with Crippen LogP contribution in [-0.2, 0) is 30.7 Å². The molecule has 0 bridgehead atoms. The average Bonchev–Trinajstić information content (AvgIpc) is 3.20. The maximum Gasteiger partial charge on any atom is 0.317 e. The van der Waals surface area contributed by atoms with Crippen molar-refractivity contribution in [2.75, 3.05) is 19.7 Å². The summed E-state index contributed by atoms with van der Waals surface area (Å²) in [5.74, 6) is 0. The molecule has 2 aromatic carbocycles. The Balaban J connectivity index is 1.22. The molecule has 6 heteroatoms. The molecular weight excluding hydrogens is 376 g/mol. The molecule has 0 saturated heterocycles. The second-order valence-electron chi connectivity index (χ2n) is 7.96. The molecule has 0 unspecified atom stereocenters. The Bertz CT molecular complexity index is 1030. The van der Waals surface area contributed by atoms with Crippen LogP contribution < -0.4 is 5.32 Å². The first-order chi connectivity index (χ1) is 14.8. The molecule has 2 aliphatic rings. The number of carbonyl (C=O) groups excluding carboxylic acids is 1. The van der Waals surface area contributed by atoms with Crippen LogP contribution >= 0.6 is 0 Å². The first-order valence-electron chi connectivity index (χ1n) is 10.6. The summed E-state index contributed by atoms with van der Waals surface area (Å²) >= 11 is 0. The maximum atomic E-state index is 12.7. The third-order valence-electron chi connectivity index (χ3n) is 5.91. The summed E-state index contributed by atoms with van der Waals surface area (Å²) in [6, 6.07) is 18.6. The lowest BCUT2D eigenvalue weighted by atomic mass is 10.0. The number of rotatable bonds is 4. The van der Waals surface area contributed by atoms with Gasteiger partial charge in [-0.2, -0.15) is 5.10 Å². The van der Waals surface area contributed by atoms with Crippen molar-refractivity contribution in [3.63, 3.8) is 0 Å². The highest BCUT2D eigenvalue weighted by atomic mass is 16.5. The fraction of sp³-hybridized carbons (Fsp3) is 0.333. The van der Waals surface area contributed by atoms with Gasteiger partial charge in [-0.25, -0.2) is 4.79 Å². The molecule has 0 spiro atoms. The molecule has 1 N–H and O–H groups in total. The molecule has 1 atom stereocenters. The van der Waals surface area contributed by atoms with Gasteiger partial charge >= 0.3 is 6.03 Å². The molecule has 30 heavy (non-hydrogen) atoms. The highest BCUT2D eigenvalue weighted by molar-refractivity contribution is 5.74. The summed E-state index contributed by atoms with van der Waals surface area (Å²) in [5, 5.41) is 7.84. The number of carbonyl (C=O) groups is 1. The molecule has 2 amide bonds. The van der Waals surface area contributed by atoms with Crippen molar-refractivity contribution in [2.45, 2.75) is 32.0 Å². The number of ether oxygens (including phenoxy) is 1. The van der Waals surface area contributed by atoms with Gasteiger partial charge in [0.15, 0.2) is 0 Å². The fourth-order valence-corrected chi connectivity index (χ4v) is 4.30. The lowest BCUT2D eigenvalue weighted by molar-refractivity contribution is 0.0400. The van der Waals surface area contributed by atoms with E-state index in [-0.39, 0.29) is 12.1 Å². The van der Waals surface area contributed by atoms with Gasteiger partial charge in [0.1, 0.15) is 6.10 Å². The van der Waals surface area contributed by atoms with Crippen molar-refractivity contribution in [3.05, 3.63) is 88.7 Å².